The topological polar surface area (TPSA) is 76.1 Å². The number of halogens is 1. The zero-order valence-electron chi connectivity index (χ0n) is 12.4. The van der Waals surface area contributed by atoms with Gasteiger partial charge in [0.1, 0.15) is 11.5 Å². The molecule has 1 aromatic heterocycles. The number of thiazole rings is 1. The minimum absolute atomic E-state index is 0.0586. The number of aromatic nitrogens is 1. The van der Waals surface area contributed by atoms with E-state index in [2.05, 4.69) is 10.3 Å². The standard InChI is InChI=1S/C15H15FN2O3S2/c1-9-17-13(14(22-9)11-4-2-3-5-12(11)16)15(19)18-10-6-7-23(20,21)8-10/h2-5,10H,6-8H2,1H3,(H,18,19). The van der Waals surface area contributed by atoms with E-state index in [4.69, 9.17) is 0 Å². The van der Waals surface area contributed by atoms with Crippen molar-refractivity contribution in [2.75, 3.05) is 11.5 Å². The van der Waals surface area contributed by atoms with Crippen LogP contribution >= 0.6 is 11.3 Å². The first-order valence-corrected chi connectivity index (χ1v) is 9.73. The van der Waals surface area contributed by atoms with Gasteiger partial charge in [0.25, 0.3) is 5.91 Å². The van der Waals surface area contributed by atoms with Crippen LogP contribution in [0.25, 0.3) is 10.4 Å². The molecule has 1 aliphatic rings. The van der Waals surface area contributed by atoms with Crippen LogP contribution in [0.1, 0.15) is 21.9 Å². The SMILES string of the molecule is Cc1nc(C(=O)NC2CCS(=O)(=O)C2)c(-c2ccccc2F)s1. The van der Waals surface area contributed by atoms with Gasteiger partial charge in [0.2, 0.25) is 0 Å². The molecule has 1 saturated heterocycles. The predicted octanol–water partition coefficient (Wildman–Crippen LogP) is 2.17. The molecule has 1 amide bonds. The van der Waals surface area contributed by atoms with Crippen LogP contribution in [0, 0.1) is 12.7 Å². The lowest BCUT2D eigenvalue weighted by molar-refractivity contribution is 0.0937. The minimum Gasteiger partial charge on any atom is -0.347 e. The molecule has 1 atom stereocenters. The number of carbonyl (C=O) groups excluding carboxylic acids is 1. The van der Waals surface area contributed by atoms with Crippen molar-refractivity contribution >= 4 is 27.1 Å². The van der Waals surface area contributed by atoms with Crippen molar-refractivity contribution in [1.29, 1.82) is 0 Å². The summed E-state index contributed by atoms with van der Waals surface area (Å²) >= 11 is 1.24. The summed E-state index contributed by atoms with van der Waals surface area (Å²) in [5.74, 6) is -0.867. The summed E-state index contributed by atoms with van der Waals surface area (Å²) in [5.41, 5.74) is 0.462. The fourth-order valence-corrected chi connectivity index (χ4v) is 5.19. The monoisotopic (exact) mass is 354 g/mol. The van der Waals surface area contributed by atoms with Crippen LogP contribution in [0.15, 0.2) is 24.3 Å². The Bertz CT molecular complexity index is 861. The third-order valence-electron chi connectivity index (χ3n) is 3.64. The van der Waals surface area contributed by atoms with Crippen molar-refractivity contribution in [3.05, 3.63) is 40.8 Å². The van der Waals surface area contributed by atoms with Gasteiger partial charge >= 0.3 is 0 Å². The quantitative estimate of drug-likeness (QED) is 0.917. The molecular formula is C15H15FN2O3S2. The fourth-order valence-electron chi connectivity index (χ4n) is 2.57. The van der Waals surface area contributed by atoms with Gasteiger partial charge in [-0.05, 0) is 19.4 Å². The number of benzene rings is 1. The average molecular weight is 354 g/mol. The molecule has 8 heteroatoms. The number of nitrogens with one attached hydrogen (secondary N) is 1. The second-order valence-corrected chi connectivity index (χ2v) is 8.90. The van der Waals surface area contributed by atoms with Crippen LogP contribution in [-0.2, 0) is 9.84 Å². The number of rotatable bonds is 3. The summed E-state index contributed by atoms with van der Waals surface area (Å²) in [6.07, 6.45) is 0.395. The van der Waals surface area contributed by atoms with Crippen molar-refractivity contribution < 1.29 is 17.6 Å². The van der Waals surface area contributed by atoms with Gasteiger partial charge in [-0.3, -0.25) is 4.79 Å². The van der Waals surface area contributed by atoms with E-state index in [0.717, 1.165) is 0 Å². The molecule has 1 N–H and O–H groups in total. The maximum Gasteiger partial charge on any atom is 0.271 e. The van der Waals surface area contributed by atoms with Gasteiger partial charge < -0.3 is 5.32 Å². The van der Waals surface area contributed by atoms with Crippen LogP contribution < -0.4 is 5.32 Å². The predicted molar refractivity (Wildman–Crippen MR) is 86.8 cm³/mol. The zero-order valence-corrected chi connectivity index (χ0v) is 14.0. The Hall–Kier alpha value is -1.80. The molecule has 1 aliphatic heterocycles. The maximum absolute atomic E-state index is 14.0. The first-order valence-electron chi connectivity index (χ1n) is 7.09. The molecule has 1 aromatic carbocycles. The van der Waals surface area contributed by atoms with E-state index in [1.807, 2.05) is 0 Å². The highest BCUT2D eigenvalue weighted by Crippen LogP contribution is 2.32. The molecule has 1 fully saturated rings. The number of hydrogen-bond acceptors (Lipinski definition) is 5. The van der Waals surface area contributed by atoms with Crippen molar-refractivity contribution in [2.45, 2.75) is 19.4 Å². The lowest BCUT2D eigenvalue weighted by atomic mass is 10.1. The molecule has 0 aliphatic carbocycles. The van der Waals surface area contributed by atoms with Crippen molar-refractivity contribution in [1.82, 2.24) is 10.3 Å². The Morgan fingerprint density at radius 1 is 1.39 bits per heavy atom. The summed E-state index contributed by atoms with van der Waals surface area (Å²) in [6.45, 7) is 1.74. The van der Waals surface area contributed by atoms with Crippen LogP contribution in [-0.4, -0.2) is 36.9 Å². The largest absolute Gasteiger partial charge is 0.347 e. The highest BCUT2D eigenvalue weighted by Gasteiger charge is 2.30. The van der Waals surface area contributed by atoms with Crippen molar-refractivity contribution in [2.24, 2.45) is 0 Å². The molecule has 0 spiro atoms. The van der Waals surface area contributed by atoms with Gasteiger partial charge in [0.15, 0.2) is 9.84 Å². The molecule has 0 saturated carbocycles. The van der Waals surface area contributed by atoms with E-state index >= 15 is 0 Å². The van der Waals surface area contributed by atoms with Gasteiger partial charge in [-0.15, -0.1) is 11.3 Å². The Morgan fingerprint density at radius 3 is 2.78 bits per heavy atom. The number of aryl methyl sites for hydroxylation is 1. The van der Waals surface area contributed by atoms with Crippen molar-refractivity contribution in [3.8, 4) is 10.4 Å². The normalized spacial score (nSPS) is 19.7. The fraction of sp³-hybridized carbons (Fsp3) is 0.333. The molecule has 2 aromatic rings. The molecule has 3 rings (SSSR count). The minimum atomic E-state index is -3.08. The first-order chi connectivity index (χ1) is 10.9. The van der Waals surface area contributed by atoms with Gasteiger partial charge in [-0.2, -0.15) is 0 Å². The molecule has 2 heterocycles. The van der Waals surface area contributed by atoms with Crippen LogP contribution in [0.5, 0.6) is 0 Å². The average Bonchev–Trinajstić information content (AvgIpc) is 3.02. The third-order valence-corrected chi connectivity index (χ3v) is 6.41. The molecule has 5 nitrogen and oxygen atoms in total. The highest BCUT2D eigenvalue weighted by molar-refractivity contribution is 7.91. The van der Waals surface area contributed by atoms with E-state index in [1.165, 1.54) is 17.4 Å². The van der Waals surface area contributed by atoms with Crippen molar-refractivity contribution in [3.63, 3.8) is 0 Å². The second kappa shape index (κ2) is 6.01. The number of amides is 1. The zero-order chi connectivity index (χ0) is 16.6. The lowest BCUT2D eigenvalue weighted by Gasteiger charge is -2.10. The highest BCUT2D eigenvalue weighted by atomic mass is 32.2. The molecule has 0 bridgehead atoms. The van der Waals surface area contributed by atoms with E-state index in [9.17, 15) is 17.6 Å². The Kier molecular flexibility index (Phi) is 4.20. The van der Waals surface area contributed by atoms with Gasteiger partial charge in [-0.25, -0.2) is 17.8 Å². The summed E-state index contributed by atoms with van der Waals surface area (Å²) in [7, 11) is -3.08. The van der Waals surface area contributed by atoms with E-state index in [1.54, 1.807) is 25.1 Å². The number of nitrogens with zero attached hydrogens (tertiary/aromatic N) is 1. The third kappa shape index (κ3) is 3.42. The molecule has 122 valence electrons. The maximum atomic E-state index is 14.0. The Labute approximate surface area is 137 Å². The smallest absolute Gasteiger partial charge is 0.271 e. The lowest BCUT2D eigenvalue weighted by Crippen LogP contribution is -2.36. The molecule has 0 radical (unpaired) electrons. The summed E-state index contributed by atoms with van der Waals surface area (Å²) in [6, 6.07) is 5.78. The second-order valence-electron chi connectivity index (χ2n) is 5.46. The van der Waals surface area contributed by atoms with Gasteiger partial charge in [0.05, 0.1) is 21.4 Å². The van der Waals surface area contributed by atoms with Crippen LogP contribution in [0.3, 0.4) is 0 Å². The van der Waals surface area contributed by atoms with E-state index in [0.29, 0.717) is 21.9 Å². The van der Waals surface area contributed by atoms with Gasteiger partial charge in [-0.1, -0.05) is 18.2 Å². The summed E-state index contributed by atoms with van der Waals surface area (Å²) in [5, 5.41) is 3.34. The molecule has 23 heavy (non-hydrogen) atoms. The summed E-state index contributed by atoms with van der Waals surface area (Å²) in [4.78, 5) is 17.1. The van der Waals surface area contributed by atoms with Crippen LogP contribution in [0.2, 0.25) is 0 Å². The Balaban J connectivity index is 1.89. The number of carbonyl (C=O) groups is 1. The van der Waals surface area contributed by atoms with Gasteiger partial charge in [0, 0.05) is 11.6 Å². The number of sulfone groups is 1. The molecule has 1 unspecified atom stereocenters. The van der Waals surface area contributed by atoms with E-state index < -0.39 is 27.6 Å². The Morgan fingerprint density at radius 2 is 2.13 bits per heavy atom. The first kappa shape index (κ1) is 16.1. The summed E-state index contributed by atoms with van der Waals surface area (Å²) < 4.78 is 37.0. The molecular weight excluding hydrogens is 339 g/mol. The van der Waals surface area contributed by atoms with E-state index in [-0.39, 0.29) is 17.2 Å². The number of hydrogen-bond donors (Lipinski definition) is 1. The van der Waals surface area contributed by atoms with Crippen LogP contribution in [0.4, 0.5) is 4.39 Å².